The number of aromatic nitrogens is 1. The Bertz CT molecular complexity index is 522. The third kappa shape index (κ3) is 1.10. The molecule has 13 heavy (non-hydrogen) atoms. The van der Waals surface area contributed by atoms with Gasteiger partial charge in [0.05, 0.1) is 5.56 Å². The van der Waals surface area contributed by atoms with Crippen molar-refractivity contribution in [3.63, 3.8) is 0 Å². The van der Waals surface area contributed by atoms with Gasteiger partial charge >= 0.3 is 11.7 Å². The highest BCUT2D eigenvalue weighted by Gasteiger charge is 2.10. The number of hydrogen-bond donors (Lipinski definition) is 2. The number of rotatable bonds is 1. The van der Waals surface area contributed by atoms with E-state index in [-0.39, 0.29) is 16.7 Å². The minimum atomic E-state index is -1.09. The normalized spacial score (nSPS) is 10.5. The average Bonchev–Trinajstić information content (AvgIpc) is 2.43. The Morgan fingerprint density at radius 1 is 1.46 bits per heavy atom. The number of para-hydroxylation sites is 1. The van der Waals surface area contributed by atoms with E-state index in [0.717, 1.165) is 0 Å². The molecule has 0 fully saturated rings. The monoisotopic (exact) mass is 179 g/mol. The Kier molecular flexibility index (Phi) is 1.45. The van der Waals surface area contributed by atoms with Crippen LogP contribution in [0.15, 0.2) is 27.4 Å². The number of oxazole rings is 1. The number of H-pyrrole nitrogens is 1. The van der Waals surface area contributed by atoms with Crippen LogP contribution >= 0.6 is 0 Å². The molecular formula is C8H5NO4. The van der Waals surface area contributed by atoms with Gasteiger partial charge in [0.1, 0.15) is 5.52 Å². The summed E-state index contributed by atoms with van der Waals surface area (Å²) >= 11 is 0. The molecule has 0 spiro atoms. The number of fused-ring (bicyclic) bond motifs is 1. The van der Waals surface area contributed by atoms with Gasteiger partial charge in [-0.25, -0.2) is 9.59 Å². The quantitative estimate of drug-likeness (QED) is 0.678. The predicted octanol–water partition coefficient (Wildman–Crippen LogP) is 0.819. The highest BCUT2D eigenvalue weighted by atomic mass is 16.4. The van der Waals surface area contributed by atoms with E-state index in [1.807, 2.05) is 0 Å². The molecule has 2 rings (SSSR count). The van der Waals surface area contributed by atoms with Crippen molar-refractivity contribution < 1.29 is 14.3 Å². The number of nitrogens with one attached hydrogen (secondary N) is 1. The zero-order valence-corrected chi connectivity index (χ0v) is 6.40. The van der Waals surface area contributed by atoms with Crippen molar-refractivity contribution in [1.82, 2.24) is 4.98 Å². The zero-order valence-electron chi connectivity index (χ0n) is 6.40. The van der Waals surface area contributed by atoms with Gasteiger partial charge in [0.25, 0.3) is 0 Å². The van der Waals surface area contributed by atoms with Gasteiger partial charge in [-0.1, -0.05) is 6.07 Å². The smallest absolute Gasteiger partial charge is 0.417 e. The molecule has 0 aliphatic carbocycles. The third-order valence-corrected chi connectivity index (χ3v) is 1.69. The number of carbonyl (C=O) groups is 1. The number of carboxylic acids is 1. The summed E-state index contributed by atoms with van der Waals surface area (Å²) in [5.74, 6) is -1.74. The Morgan fingerprint density at radius 3 is 2.92 bits per heavy atom. The molecule has 0 atom stereocenters. The number of aromatic carboxylic acids is 1. The fourth-order valence-electron chi connectivity index (χ4n) is 1.15. The zero-order chi connectivity index (χ0) is 9.42. The van der Waals surface area contributed by atoms with E-state index in [0.29, 0.717) is 0 Å². The molecule has 2 aromatic rings. The first-order valence-electron chi connectivity index (χ1n) is 3.53. The molecule has 5 nitrogen and oxygen atoms in total. The summed E-state index contributed by atoms with van der Waals surface area (Å²) in [4.78, 5) is 23.7. The van der Waals surface area contributed by atoms with Gasteiger partial charge in [-0.3, -0.25) is 4.98 Å². The first-order chi connectivity index (χ1) is 6.18. The Hall–Kier alpha value is -2.04. The summed E-state index contributed by atoms with van der Waals surface area (Å²) in [5, 5.41) is 8.73. The number of hydrogen-bond acceptors (Lipinski definition) is 3. The minimum Gasteiger partial charge on any atom is -0.478 e. The highest BCUT2D eigenvalue weighted by molar-refractivity contribution is 6.00. The van der Waals surface area contributed by atoms with Gasteiger partial charge in [-0.2, -0.15) is 0 Å². The van der Waals surface area contributed by atoms with E-state index < -0.39 is 11.7 Å². The summed E-state index contributed by atoms with van der Waals surface area (Å²) in [7, 11) is 0. The van der Waals surface area contributed by atoms with Gasteiger partial charge in [-0.05, 0) is 12.1 Å². The molecule has 1 aromatic carbocycles. The van der Waals surface area contributed by atoms with Crippen LogP contribution in [0.2, 0.25) is 0 Å². The Morgan fingerprint density at radius 2 is 2.23 bits per heavy atom. The highest BCUT2D eigenvalue weighted by Crippen LogP contribution is 2.14. The maximum Gasteiger partial charge on any atom is 0.417 e. The fourth-order valence-corrected chi connectivity index (χ4v) is 1.15. The molecular weight excluding hydrogens is 174 g/mol. The Balaban J connectivity index is 2.90. The van der Waals surface area contributed by atoms with E-state index in [4.69, 9.17) is 5.11 Å². The predicted molar refractivity (Wildman–Crippen MR) is 43.8 cm³/mol. The molecule has 0 saturated heterocycles. The number of benzene rings is 1. The lowest BCUT2D eigenvalue weighted by molar-refractivity contribution is 0.0699. The van der Waals surface area contributed by atoms with Crippen LogP contribution in [0.1, 0.15) is 10.4 Å². The van der Waals surface area contributed by atoms with E-state index in [1.165, 1.54) is 18.2 Å². The van der Waals surface area contributed by atoms with Crippen molar-refractivity contribution >= 4 is 17.1 Å². The maximum atomic E-state index is 10.7. The van der Waals surface area contributed by atoms with Gasteiger partial charge in [0.2, 0.25) is 0 Å². The van der Waals surface area contributed by atoms with Crippen molar-refractivity contribution in [3.05, 3.63) is 34.3 Å². The van der Waals surface area contributed by atoms with Gasteiger partial charge < -0.3 is 9.52 Å². The van der Waals surface area contributed by atoms with Gasteiger partial charge in [0.15, 0.2) is 5.58 Å². The molecule has 5 heteroatoms. The Labute approximate surface area is 71.6 Å². The molecule has 0 bridgehead atoms. The van der Waals surface area contributed by atoms with Crippen molar-refractivity contribution in [3.8, 4) is 0 Å². The topological polar surface area (TPSA) is 83.3 Å². The summed E-state index contributed by atoms with van der Waals surface area (Å²) in [6.07, 6.45) is 0. The summed E-state index contributed by atoms with van der Waals surface area (Å²) in [6.45, 7) is 0. The lowest BCUT2D eigenvalue weighted by Gasteiger charge is -1.92. The van der Waals surface area contributed by atoms with Crippen LogP contribution < -0.4 is 5.76 Å². The number of carboxylic acid groups (broad SMARTS) is 1. The standard InChI is InChI=1S/C8H5NO4/c10-7(11)4-2-1-3-5-6(4)9-8(12)13-5/h1-3H,(H,9,12)(H,10,11). The average molecular weight is 179 g/mol. The molecule has 0 saturated carbocycles. The summed E-state index contributed by atoms with van der Waals surface area (Å²) in [5.41, 5.74) is 0.508. The van der Waals surface area contributed by atoms with E-state index in [2.05, 4.69) is 9.40 Å². The van der Waals surface area contributed by atoms with Crippen LogP contribution in [-0.4, -0.2) is 16.1 Å². The second kappa shape index (κ2) is 2.48. The molecule has 1 aromatic heterocycles. The molecule has 0 amide bonds. The van der Waals surface area contributed by atoms with Crippen LogP contribution in [0.4, 0.5) is 0 Å². The lowest BCUT2D eigenvalue weighted by Crippen LogP contribution is -1.99. The SMILES string of the molecule is O=C(O)c1cccc2oc(=O)[nH]c12. The van der Waals surface area contributed by atoms with Crippen LogP contribution in [0.25, 0.3) is 11.1 Å². The van der Waals surface area contributed by atoms with E-state index in [1.54, 1.807) is 0 Å². The second-order valence-electron chi connectivity index (χ2n) is 2.50. The first-order valence-corrected chi connectivity index (χ1v) is 3.53. The first kappa shape index (κ1) is 7.60. The van der Waals surface area contributed by atoms with Crippen molar-refractivity contribution in [2.75, 3.05) is 0 Å². The van der Waals surface area contributed by atoms with Crippen LogP contribution in [0.3, 0.4) is 0 Å². The fraction of sp³-hybridized carbons (Fsp3) is 0. The molecule has 0 aliphatic rings. The molecule has 2 N–H and O–H groups in total. The van der Waals surface area contributed by atoms with E-state index >= 15 is 0 Å². The molecule has 1 heterocycles. The van der Waals surface area contributed by atoms with Crippen molar-refractivity contribution in [2.45, 2.75) is 0 Å². The van der Waals surface area contributed by atoms with Crippen LogP contribution in [-0.2, 0) is 0 Å². The minimum absolute atomic E-state index is 0.0309. The molecule has 0 radical (unpaired) electrons. The summed E-state index contributed by atoms with van der Waals surface area (Å²) < 4.78 is 4.68. The number of aromatic amines is 1. The van der Waals surface area contributed by atoms with Gasteiger partial charge in [0, 0.05) is 0 Å². The molecule has 66 valence electrons. The second-order valence-corrected chi connectivity index (χ2v) is 2.50. The van der Waals surface area contributed by atoms with Crippen LogP contribution in [0.5, 0.6) is 0 Å². The van der Waals surface area contributed by atoms with Crippen LogP contribution in [0, 0.1) is 0 Å². The molecule has 0 unspecified atom stereocenters. The lowest BCUT2D eigenvalue weighted by atomic mass is 10.2. The van der Waals surface area contributed by atoms with E-state index in [9.17, 15) is 9.59 Å². The van der Waals surface area contributed by atoms with Crippen molar-refractivity contribution in [2.24, 2.45) is 0 Å². The maximum absolute atomic E-state index is 10.7. The molecule has 0 aliphatic heterocycles. The third-order valence-electron chi connectivity index (χ3n) is 1.69. The largest absolute Gasteiger partial charge is 0.478 e. The van der Waals surface area contributed by atoms with Gasteiger partial charge in [-0.15, -0.1) is 0 Å². The summed E-state index contributed by atoms with van der Waals surface area (Å²) in [6, 6.07) is 4.44. The van der Waals surface area contributed by atoms with Crippen molar-refractivity contribution in [1.29, 1.82) is 0 Å².